The molecule has 1 rings (SSSR count). The molecule has 0 aliphatic carbocycles. The number of aromatic nitrogens is 1. The smallest absolute Gasteiger partial charge is 0.352 e. The average molecular weight is 291 g/mol. The molecule has 1 amide bonds. The highest BCUT2D eigenvalue weighted by Gasteiger charge is 2.26. The van der Waals surface area contributed by atoms with Crippen LogP contribution in [0, 0.1) is 13.8 Å². The van der Waals surface area contributed by atoms with Crippen molar-refractivity contribution in [2.24, 2.45) is 5.73 Å². The van der Waals surface area contributed by atoms with Crippen LogP contribution in [0.4, 0.5) is 0 Å². The highest BCUT2D eigenvalue weighted by atomic mass is 32.2. The molecule has 19 heavy (non-hydrogen) atoms. The summed E-state index contributed by atoms with van der Waals surface area (Å²) in [4.78, 5) is 29.6. The van der Waals surface area contributed by atoms with Gasteiger partial charge in [-0.05, 0) is 13.8 Å². The zero-order valence-corrected chi connectivity index (χ0v) is 11.0. The standard InChI is InChI=1S/C9H13N3O6S/c1-4-7(9(14)15)11-5(2)8(4)19(16,17)12-18-3-6(10)13/h11-12H,3H2,1-2H3,(H2,10,13)(H,14,15). The summed E-state index contributed by atoms with van der Waals surface area (Å²) in [5.41, 5.74) is 4.74. The number of H-pyrrole nitrogens is 1. The maximum Gasteiger partial charge on any atom is 0.352 e. The minimum absolute atomic E-state index is 0.0418. The minimum atomic E-state index is -4.10. The number of rotatable bonds is 6. The second-order valence-electron chi connectivity index (χ2n) is 3.73. The molecule has 0 unspecified atom stereocenters. The van der Waals surface area contributed by atoms with Gasteiger partial charge in [0.25, 0.3) is 10.0 Å². The van der Waals surface area contributed by atoms with Gasteiger partial charge in [0.05, 0.1) is 0 Å². The van der Waals surface area contributed by atoms with E-state index in [-0.39, 0.29) is 21.8 Å². The number of sulfonamides is 1. The molecule has 0 fully saturated rings. The van der Waals surface area contributed by atoms with Crippen LogP contribution in [0.2, 0.25) is 0 Å². The molecule has 5 N–H and O–H groups in total. The SMILES string of the molecule is Cc1[nH]c(C(=O)O)c(C)c1S(=O)(=O)NOCC(N)=O. The topological polar surface area (TPSA) is 152 Å². The number of amides is 1. The number of carboxylic acids is 1. The van der Waals surface area contributed by atoms with Crippen molar-refractivity contribution in [1.29, 1.82) is 0 Å². The summed E-state index contributed by atoms with van der Waals surface area (Å²) in [5.74, 6) is -2.13. The predicted molar refractivity (Wildman–Crippen MR) is 62.7 cm³/mol. The number of hydrogen-bond acceptors (Lipinski definition) is 5. The molecule has 0 saturated heterocycles. The number of nitrogens with two attached hydrogens (primary N) is 1. The molecule has 9 nitrogen and oxygen atoms in total. The average Bonchev–Trinajstić information content (AvgIpc) is 2.53. The van der Waals surface area contributed by atoms with Gasteiger partial charge in [0, 0.05) is 11.3 Å². The summed E-state index contributed by atoms with van der Waals surface area (Å²) in [7, 11) is -4.10. The van der Waals surface area contributed by atoms with Crippen molar-refractivity contribution in [3.63, 3.8) is 0 Å². The van der Waals surface area contributed by atoms with Gasteiger partial charge >= 0.3 is 5.97 Å². The summed E-state index contributed by atoms with van der Waals surface area (Å²) >= 11 is 0. The second-order valence-corrected chi connectivity index (χ2v) is 5.31. The van der Waals surface area contributed by atoms with Gasteiger partial charge in [-0.15, -0.1) is 0 Å². The zero-order chi connectivity index (χ0) is 14.8. The van der Waals surface area contributed by atoms with E-state index in [1.54, 1.807) is 4.89 Å². The van der Waals surface area contributed by atoms with Crippen LogP contribution in [-0.4, -0.2) is 37.0 Å². The van der Waals surface area contributed by atoms with Gasteiger partial charge in [0.2, 0.25) is 5.91 Å². The van der Waals surface area contributed by atoms with Crippen molar-refractivity contribution in [2.45, 2.75) is 18.7 Å². The van der Waals surface area contributed by atoms with Gasteiger partial charge in [-0.1, -0.05) is 4.89 Å². The van der Waals surface area contributed by atoms with Gasteiger partial charge in [-0.2, -0.15) is 0 Å². The number of primary amides is 1. The van der Waals surface area contributed by atoms with E-state index in [0.29, 0.717) is 0 Å². The first-order valence-corrected chi connectivity index (χ1v) is 6.49. The lowest BCUT2D eigenvalue weighted by Gasteiger charge is -2.06. The van der Waals surface area contributed by atoms with E-state index in [4.69, 9.17) is 10.8 Å². The Kier molecular flexibility index (Phi) is 4.29. The van der Waals surface area contributed by atoms with Crippen LogP contribution >= 0.6 is 0 Å². The molecule has 0 aliphatic rings. The van der Waals surface area contributed by atoms with Gasteiger partial charge in [-0.3, -0.25) is 9.63 Å². The van der Waals surface area contributed by atoms with Crippen LogP contribution in [0.25, 0.3) is 0 Å². The third-order valence-corrected chi connectivity index (χ3v) is 3.72. The van der Waals surface area contributed by atoms with Gasteiger partial charge in [0.1, 0.15) is 17.2 Å². The Morgan fingerprint density at radius 2 is 2.00 bits per heavy atom. The van der Waals surface area contributed by atoms with Crippen LogP contribution in [0.5, 0.6) is 0 Å². The molecule has 0 atom stereocenters. The second kappa shape index (κ2) is 5.38. The number of carboxylic acid groups (broad SMARTS) is 1. The lowest BCUT2D eigenvalue weighted by Crippen LogP contribution is -2.30. The maximum atomic E-state index is 11.9. The Hall–Kier alpha value is -1.91. The van der Waals surface area contributed by atoms with Crippen molar-refractivity contribution in [1.82, 2.24) is 9.87 Å². The highest BCUT2D eigenvalue weighted by molar-refractivity contribution is 7.89. The van der Waals surface area contributed by atoms with Crippen LogP contribution < -0.4 is 10.6 Å². The first-order valence-electron chi connectivity index (χ1n) is 5.01. The monoisotopic (exact) mass is 291 g/mol. The van der Waals surface area contributed by atoms with Crippen molar-refractivity contribution in [2.75, 3.05) is 6.61 Å². The Labute approximate surface area is 108 Å². The Morgan fingerprint density at radius 3 is 2.42 bits per heavy atom. The highest BCUT2D eigenvalue weighted by Crippen LogP contribution is 2.22. The molecule has 1 aromatic heterocycles. The minimum Gasteiger partial charge on any atom is -0.477 e. The summed E-state index contributed by atoms with van der Waals surface area (Å²) in [5, 5.41) is 8.88. The normalized spacial score (nSPS) is 11.5. The van der Waals surface area contributed by atoms with E-state index in [1.807, 2.05) is 0 Å². The molecule has 1 aromatic rings. The van der Waals surface area contributed by atoms with Gasteiger partial charge < -0.3 is 15.8 Å². The lowest BCUT2D eigenvalue weighted by molar-refractivity contribution is -0.123. The molecular weight excluding hydrogens is 278 g/mol. The molecule has 0 aliphatic heterocycles. The summed E-state index contributed by atoms with van der Waals surface area (Å²) in [6.07, 6.45) is 0. The van der Waals surface area contributed by atoms with E-state index in [1.165, 1.54) is 13.8 Å². The molecule has 0 saturated carbocycles. The van der Waals surface area contributed by atoms with E-state index < -0.39 is 28.5 Å². The van der Waals surface area contributed by atoms with Crippen LogP contribution in [0.1, 0.15) is 21.7 Å². The molecule has 0 bridgehead atoms. The predicted octanol–water partition coefficient (Wildman–Crippen LogP) is -0.975. The summed E-state index contributed by atoms with van der Waals surface area (Å²) in [6, 6.07) is 0. The van der Waals surface area contributed by atoms with Crippen LogP contribution in [-0.2, 0) is 19.7 Å². The van der Waals surface area contributed by atoms with Crippen molar-refractivity contribution < 1.29 is 28.0 Å². The molecule has 106 valence electrons. The number of carbonyl (C=O) groups is 2. The zero-order valence-electron chi connectivity index (χ0n) is 10.2. The van der Waals surface area contributed by atoms with Gasteiger partial charge in [0.15, 0.2) is 0 Å². The van der Waals surface area contributed by atoms with Crippen LogP contribution in [0.3, 0.4) is 0 Å². The number of aromatic amines is 1. The van der Waals surface area contributed by atoms with E-state index in [0.717, 1.165) is 0 Å². The molecule has 10 heteroatoms. The fourth-order valence-electron chi connectivity index (χ4n) is 1.57. The third kappa shape index (κ3) is 3.30. The van der Waals surface area contributed by atoms with E-state index in [9.17, 15) is 18.0 Å². The first kappa shape index (κ1) is 15.1. The summed E-state index contributed by atoms with van der Waals surface area (Å²) < 4.78 is 23.8. The largest absolute Gasteiger partial charge is 0.477 e. The first-order chi connectivity index (χ1) is 8.66. The van der Waals surface area contributed by atoms with E-state index >= 15 is 0 Å². The fourth-order valence-corrected chi connectivity index (χ4v) is 2.83. The molecule has 0 radical (unpaired) electrons. The molecular formula is C9H13N3O6S. The fraction of sp³-hybridized carbons (Fsp3) is 0.333. The Bertz CT molecular complexity index is 618. The van der Waals surface area contributed by atoms with Crippen molar-refractivity contribution in [3.8, 4) is 0 Å². The van der Waals surface area contributed by atoms with Crippen molar-refractivity contribution in [3.05, 3.63) is 17.0 Å². The maximum absolute atomic E-state index is 11.9. The molecule has 0 spiro atoms. The third-order valence-electron chi connectivity index (χ3n) is 2.23. The van der Waals surface area contributed by atoms with Crippen molar-refractivity contribution >= 4 is 21.9 Å². The number of hydrogen-bond donors (Lipinski definition) is 4. The summed E-state index contributed by atoms with van der Waals surface area (Å²) in [6.45, 7) is 2.12. The lowest BCUT2D eigenvalue weighted by atomic mass is 10.2. The van der Waals surface area contributed by atoms with Crippen LogP contribution in [0.15, 0.2) is 4.90 Å². The number of carbonyl (C=O) groups excluding carboxylic acids is 1. The number of aromatic carboxylic acids is 1. The van der Waals surface area contributed by atoms with Gasteiger partial charge in [-0.25, -0.2) is 13.2 Å². The number of nitrogens with one attached hydrogen (secondary N) is 2. The Morgan fingerprint density at radius 1 is 1.42 bits per heavy atom. The molecule has 0 aromatic carbocycles. The molecule has 1 heterocycles. The Balaban J connectivity index is 3.08. The number of aryl methyl sites for hydroxylation is 1. The van der Waals surface area contributed by atoms with E-state index in [2.05, 4.69) is 9.82 Å². The quantitative estimate of drug-likeness (QED) is 0.494.